The van der Waals surface area contributed by atoms with Crippen LogP contribution in [-0.4, -0.2) is 16.8 Å². The molecule has 2 rings (SSSR count). The fraction of sp³-hybridized carbons (Fsp3) is 0.300. The first-order chi connectivity index (χ1) is 6.63. The van der Waals surface area contributed by atoms with Crippen LogP contribution in [-0.2, 0) is 6.42 Å². The SMILES string of the molecule is CCc1cc2c(c(C)n1)C(=O)NC2=O. The minimum atomic E-state index is -0.336. The van der Waals surface area contributed by atoms with E-state index in [4.69, 9.17) is 0 Å². The Bertz CT molecular complexity index is 438. The molecule has 2 amide bonds. The van der Waals surface area contributed by atoms with Crippen LogP contribution in [0.3, 0.4) is 0 Å². The third kappa shape index (κ3) is 1.11. The summed E-state index contributed by atoms with van der Waals surface area (Å²) >= 11 is 0. The van der Waals surface area contributed by atoms with Gasteiger partial charge < -0.3 is 0 Å². The lowest BCUT2D eigenvalue weighted by molar-refractivity contribution is 0.0879. The maximum absolute atomic E-state index is 11.3. The van der Waals surface area contributed by atoms with E-state index in [1.807, 2.05) is 6.92 Å². The van der Waals surface area contributed by atoms with E-state index in [1.165, 1.54) is 0 Å². The molecule has 0 spiro atoms. The van der Waals surface area contributed by atoms with Crippen molar-refractivity contribution in [2.24, 2.45) is 0 Å². The molecule has 1 N–H and O–H groups in total. The molecule has 0 bridgehead atoms. The third-order valence-corrected chi connectivity index (χ3v) is 2.31. The van der Waals surface area contributed by atoms with Crippen molar-refractivity contribution in [2.45, 2.75) is 20.3 Å². The molecule has 1 aliphatic rings. The number of rotatable bonds is 1. The molecule has 14 heavy (non-hydrogen) atoms. The molecule has 1 aromatic rings. The van der Waals surface area contributed by atoms with E-state index in [0.717, 1.165) is 12.1 Å². The first-order valence-electron chi connectivity index (χ1n) is 4.49. The van der Waals surface area contributed by atoms with E-state index in [0.29, 0.717) is 16.8 Å². The van der Waals surface area contributed by atoms with Crippen LogP contribution in [0, 0.1) is 6.92 Å². The van der Waals surface area contributed by atoms with Crippen molar-refractivity contribution in [1.82, 2.24) is 10.3 Å². The van der Waals surface area contributed by atoms with E-state index in [2.05, 4.69) is 10.3 Å². The van der Waals surface area contributed by atoms with E-state index < -0.39 is 0 Å². The fourth-order valence-corrected chi connectivity index (χ4v) is 1.62. The van der Waals surface area contributed by atoms with Crippen molar-refractivity contribution in [1.29, 1.82) is 0 Å². The van der Waals surface area contributed by atoms with Crippen LogP contribution < -0.4 is 5.32 Å². The molecule has 4 nitrogen and oxygen atoms in total. The Kier molecular flexibility index (Phi) is 1.84. The van der Waals surface area contributed by atoms with Gasteiger partial charge in [-0.05, 0) is 19.4 Å². The number of imide groups is 1. The molecule has 0 radical (unpaired) electrons. The van der Waals surface area contributed by atoms with Crippen LogP contribution in [0.4, 0.5) is 0 Å². The van der Waals surface area contributed by atoms with E-state index in [-0.39, 0.29) is 11.8 Å². The number of hydrogen-bond donors (Lipinski definition) is 1. The molecule has 1 aromatic heterocycles. The second kappa shape index (κ2) is 2.90. The van der Waals surface area contributed by atoms with Crippen molar-refractivity contribution in [3.8, 4) is 0 Å². The van der Waals surface area contributed by atoms with Crippen molar-refractivity contribution in [3.63, 3.8) is 0 Å². The molecule has 0 unspecified atom stereocenters. The van der Waals surface area contributed by atoms with Crippen molar-refractivity contribution < 1.29 is 9.59 Å². The Labute approximate surface area is 81.3 Å². The minimum Gasteiger partial charge on any atom is -0.288 e. The number of pyridine rings is 1. The number of hydrogen-bond acceptors (Lipinski definition) is 3. The highest BCUT2D eigenvalue weighted by Gasteiger charge is 2.29. The van der Waals surface area contributed by atoms with Crippen LogP contribution in [0.5, 0.6) is 0 Å². The molecule has 4 heteroatoms. The molecule has 0 fully saturated rings. The highest BCUT2D eigenvalue weighted by Crippen LogP contribution is 2.19. The van der Waals surface area contributed by atoms with Gasteiger partial charge in [-0.15, -0.1) is 0 Å². The molecular formula is C10H10N2O2. The summed E-state index contributed by atoms with van der Waals surface area (Å²) in [6, 6.07) is 1.68. The number of nitrogens with one attached hydrogen (secondary N) is 1. The highest BCUT2D eigenvalue weighted by molar-refractivity contribution is 6.21. The topological polar surface area (TPSA) is 59.1 Å². The van der Waals surface area contributed by atoms with Gasteiger partial charge >= 0.3 is 0 Å². The monoisotopic (exact) mass is 190 g/mol. The Morgan fingerprint density at radius 3 is 2.71 bits per heavy atom. The van der Waals surface area contributed by atoms with Crippen LogP contribution >= 0.6 is 0 Å². The van der Waals surface area contributed by atoms with Gasteiger partial charge in [0.05, 0.1) is 16.8 Å². The van der Waals surface area contributed by atoms with Gasteiger partial charge in [-0.2, -0.15) is 0 Å². The summed E-state index contributed by atoms with van der Waals surface area (Å²) in [4.78, 5) is 26.9. The van der Waals surface area contributed by atoms with Gasteiger partial charge in [0, 0.05) is 5.69 Å². The lowest BCUT2D eigenvalue weighted by Gasteiger charge is -2.02. The maximum Gasteiger partial charge on any atom is 0.260 e. The highest BCUT2D eigenvalue weighted by atomic mass is 16.2. The molecular weight excluding hydrogens is 180 g/mol. The smallest absolute Gasteiger partial charge is 0.260 e. The number of amides is 2. The number of carbonyl (C=O) groups is 2. The first-order valence-corrected chi connectivity index (χ1v) is 4.49. The van der Waals surface area contributed by atoms with Crippen LogP contribution in [0.15, 0.2) is 6.07 Å². The predicted octanol–water partition coefficient (Wildman–Crippen LogP) is 0.836. The summed E-state index contributed by atoms with van der Waals surface area (Å²) in [7, 11) is 0. The van der Waals surface area contributed by atoms with Gasteiger partial charge in [0.25, 0.3) is 11.8 Å². The third-order valence-electron chi connectivity index (χ3n) is 2.31. The summed E-state index contributed by atoms with van der Waals surface area (Å²) in [5, 5.41) is 2.26. The number of carbonyl (C=O) groups excluding carboxylic acids is 2. The zero-order chi connectivity index (χ0) is 10.3. The zero-order valence-electron chi connectivity index (χ0n) is 8.05. The number of aryl methyl sites for hydroxylation is 2. The Morgan fingerprint density at radius 2 is 2.07 bits per heavy atom. The Hall–Kier alpha value is -1.71. The van der Waals surface area contributed by atoms with E-state index >= 15 is 0 Å². The standard InChI is InChI=1S/C10H10N2O2/c1-3-6-4-7-8(5(2)11-6)10(14)12-9(7)13/h4H,3H2,1-2H3,(H,12,13,14). The van der Waals surface area contributed by atoms with Gasteiger partial charge in [0.2, 0.25) is 0 Å². The molecule has 0 saturated heterocycles. The van der Waals surface area contributed by atoms with Gasteiger partial charge in [-0.25, -0.2) is 0 Å². The Morgan fingerprint density at radius 1 is 1.36 bits per heavy atom. The number of nitrogens with zero attached hydrogens (tertiary/aromatic N) is 1. The van der Waals surface area contributed by atoms with Crippen LogP contribution in [0.2, 0.25) is 0 Å². The first kappa shape index (κ1) is 8.87. The van der Waals surface area contributed by atoms with Crippen molar-refractivity contribution in [2.75, 3.05) is 0 Å². The van der Waals surface area contributed by atoms with Crippen LogP contribution in [0.25, 0.3) is 0 Å². The molecule has 0 aliphatic carbocycles. The zero-order valence-corrected chi connectivity index (χ0v) is 8.05. The van der Waals surface area contributed by atoms with Gasteiger partial charge in [-0.1, -0.05) is 6.92 Å². The minimum absolute atomic E-state index is 0.315. The summed E-state index contributed by atoms with van der Waals surface area (Å²) in [6.07, 6.45) is 0.760. The number of aromatic nitrogens is 1. The summed E-state index contributed by atoms with van der Waals surface area (Å²) < 4.78 is 0. The molecule has 0 atom stereocenters. The molecule has 0 aromatic carbocycles. The largest absolute Gasteiger partial charge is 0.288 e. The predicted molar refractivity (Wildman–Crippen MR) is 50.1 cm³/mol. The average molecular weight is 190 g/mol. The number of fused-ring (bicyclic) bond motifs is 1. The fourth-order valence-electron chi connectivity index (χ4n) is 1.62. The van der Waals surface area contributed by atoms with Crippen molar-refractivity contribution >= 4 is 11.8 Å². The molecule has 1 aliphatic heterocycles. The summed E-state index contributed by atoms with van der Waals surface area (Å²) in [5.41, 5.74) is 2.35. The quantitative estimate of drug-likeness (QED) is 0.667. The second-order valence-electron chi connectivity index (χ2n) is 3.26. The maximum atomic E-state index is 11.3. The van der Waals surface area contributed by atoms with E-state index in [1.54, 1.807) is 13.0 Å². The van der Waals surface area contributed by atoms with E-state index in [9.17, 15) is 9.59 Å². The van der Waals surface area contributed by atoms with Crippen LogP contribution in [0.1, 0.15) is 39.0 Å². The lowest BCUT2D eigenvalue weighted by atomic mass is 10.1. The summed E-state index contributed by atoms with van der Waals surface area (Å²) in [5.74, 6) is -0.650. The molecule has 72 valence electrons. The lowest BCUT2D eigenvalue weighted by Crippen LogP contribution is -2.20. The normalized spacial score (nSPS) is 14.1. The molecule has 0 saturated carbocycles. The Balaban J connectivity index is 2.68. The van der Waals surface area contributed by atoms with Gasteiger partial charge in [0.1, 0.15) is 0 Å². The van der Waals surface area contributed by atoms with Gasteiger partial charge in [-0.3, -0.25) is 19.9 Å². The summed E-state index contributed by atoms with van der Waals surface area (Å²) in [6.45, 7) is 3.71. The van der Waals surface area contributed by atoms with Crippen molar-refractivity contribution in [3.05, 3.63) is 28.6 Å². The average Bonchev–Trinajstić information content (AvgIpc) is 2.42. The van der Waals surface area contributed by atoms with Gasteiger partial charge in [0.15, 0.2) is 0 Å². The molecule has 2 heterocycles. The second-order valence-corrected chi connectivity index (χ2v) is 3.26.